The molecule has 11 heteroatoms. The van der Waals surface area contributed by atoms with Crippen LogP contribution >= 0.6 is 22.9 Å². The Labute approximate surface area is 197 Å². The largest absolute Gasteiger partial charge is 0.462 e. The minimum absolute atomic E-state index is 0.0252. The van der Waals surface area contributed by atoms with E-state index in [1.165, 1.54) is 18.2 Å². The third-order valence-corrected chi connectivity index (χ3v) is 5.94. The number of non-ortho nitro benzene ring substituents is 1. The summed E-state index contributed by atoms with van der Waals surface area (Å²) in [7, 11) is 0. The van der Waals surface area contributed by atoms with E-state index in [4.69, 9.17) is 16.3 Å². The van der Waals surface area contributed by atoms with Gasteiger partial charge in [0.15, 0.2) is 0 Å². The second kappa shape index (κ2) is 10.2. The topological polar surface area (TPSA) is 128 Å². The lowest BCUT2D eigenvalue weighted by Gasteiger charge is -2.07. The maximum Gasteiger partial charge on any atom is 0.341 e. The van der Waals surface area contributed by atoms with Crippen molar-refractivity contribution in [3.05, 3.63) is 85.2 Å². The number of rotatable bonds is 7. The first-order chi connectivity index (χ1) is 15.7. The molecule has 9 nitrogen and oxygen atoms in total. The zero-order valence-electron chi connectivity index (χ0n) is 17.5. The van der Waals surface area contributed by atoms with Crippen molar-refractivity contribution in [2.75, 3.05) is 17.2 Å². The van der Waals surface area contributed by atoms with E-state index in [0.29, 0.717) is 16.3 Å². The molecule has 1 aromatic heterocycles. The summed E-state index contributed by atoms with van der Waals surface area (Å²) in [6, 6.07) is 11.6. The number of anilines is 2. The molecule has 0 atom stereocenters. The van der Waals surface area contributed by atoms with Crippen LogP contribution < -0.4 is 10.6 Å². The summed E-state index contributed by atoms with van der Waals surface area (Å²) >= 11 is 6.77. The summed E-state index contributed by atoms with van der Waals surface area (Å²) < 4.78 is 5.09. The normalized spacial score (nSPS) is 10.4. The number of thiophene rings is 1. The molecule has 33 heavy (non-hydrogen) atoms. The summed E-state index contributed by atoms with van der Waals surface area (Å²) in [4.78, 5) is 48.8. The molecule has 0 bridgehead atoms. The number of halogens is 1. The van der Waals surface area contributed by atoms with Gasteiger partial charge in [0, 0.05) is 28.4 Å². The number of amides is 2. The van der Waals surface area contributed by atoms with E-state index in [2.05, 4.69) is 10.6 Å². The van der Waals surface area contributed by atoms with Crippen molar-refractivity contribution < 1.29 is 24.0 Å². The Kier molecular flexibility index (Phi) is 7.41. The molecule has 2 aromatic carbocycles. The van der Waals surface area contributed by atoms with Crippen LogP contribution in [0.25, 0.3) is 0 Å². The molecule has 3 rings (SSSR count). The predicted octanol–water partition coefficient (Wildman–Crippen LogP) is 5.30. The van der Waals surface area contributed by atoms with Gasteiger partial charge in [-0.05, 0) is 49.7 Å². The Morgan fingerprint density at radius 3 is 2.42 bits per heavy atom. The van der Waals surface area contributed by atoms with Gasteiger partial charge in [0.25, 0.3) is 17.5 Å². The molecule has 1 heterocycles. The van der Waals surface area contributed by atoms with Gasteiger partial charge in [0.05, 0.1) is 22.0 Å². The van der Waals surface area contributed by atoms with Gasteiger partial charge in [0.2, 0.25) is 0 Å². The van der Waals surface area contributed by atoms with E-state index in [0.717, 1.165) is 17.4 Å². The number of hydrogen-bond donors (Lipinski definition) is 2. The maximum atomic E-state index is 12.9. The van der Waals surface area contributed by atoms with Crippen molar-refractivity contribution >= 4 is 57.1 Å². The van der Waals surface area contributed by atoms with E-state index in [9.17, 15) is 24.5 Å². The average Bonchev–Trinajstić information content (AvgIpc) is 3.11. The molecule has 3 aromatic rings. The lowest BCUT2D eigenvalue weighted by molar-refractivity contribution is -0.384. The van der Waals surface area contributed by atoms with Crippen molar-refractivity contribution in [3.8, 4) is 0 Å². The molecule has 0 spiro atoms. The van der Waals surface area contributed by atoms with Crippen LogP contribution in [0.3, 0.4) is 0 Å². The molecule has 2 N–H and O–H groups in total. The highest BCUT2D eigenvalue weighted by atomic mass is 35.5. The number of esters is 1. The summed E-state index contributed by atoms with van der Waals surface area (Å²) in [5.41, 5.74) is 0.647. The number of nitro benzene ring substituents is 1. The van der Waals surface area contributed by atoms with Gasteiger partial charge < -0.3 is 15.4 Å². The Hall–Kier alpha value is -3.76. The second-order valence-electron chi connectivity index (χ2n) is 6.70. The number of carbonyl (C=O) groups excluding carboxylic acids is 3. The third-order valence-electron chi connectivity index (χ3n) is 4.48. The van der Waals surface area contributed by atoms with Gasteiger partial charge in [-0.25, -0.2) is 4.79 Å². The van der Waals surface area contributed by atoms with E-state index in [-0.39, 0.29) is 33.3 Å². The van der Waals surface area contributed by atoms with Crippen molar-refractivity contribution in [2.45, 2.75) is 13.8 Å². The zero-order valence-corrected chi connectivity index (χ0v) is 19.1. The van der Waals surface area contributed by atoms with Crippen LogP contribution in [0.2, 0.25) is 5.02 Å². The van der Waals surface area contributed by atoms with Gasteiger partial charge in [-0.1, -0.05) is 17.7 Å². The lowest BCUT2D eigenvalue weighted by Crippen LogP contribution is -2.15. The van der Waals surface area contributed by atoms with Gasteiger partial charge in [-0.2, -0.15) is 0 Å². The predicted molar refractivity (Wildman–Crippen MR) is 125 cm³/mol. The molecule has 0 aliphatic heterocycles. The minimum Gasteiger partial charge on any atom is -0.462 e. The molecule has 0 aliphatic rings. The quantitative estimate of drug-likeness (QED) is 0.264. The number of benzene rings is 2. The molecule has 0 unspecified atom stereocenters. The molecule has 0 saturated carbocycles. The number of nitrogens with one attached hydrogen (secondary N) is 2. The zero-order chi connectivity index (χ0) is 24.1. The maximum absolute atomic E-state index is 12.9. The van der Waals surface area contributed by atoms with E-state index in [1.54, 1.807) is 38.1 Å². The van der Waals surface area contributed by atoms with E-state index >= 15 is 0 Å². The number of hydrogen-bond acceptors (Lipinski definition) is 7. The molecule has 170 valence electrons. The van der Waals surface area contributed by atoms with E-state index in [1.807, 2.05) is 0 Å². The molecule has 0 saturated heterocycles. The molecule has 0 radical (unpaired) electrons. The van der Waals surface area contributed by atoms with Crippen LogP contribution in [0.1, 0.15) is 42.9 Å². The van der Waals surface area contributed by atoms with Crippen molar-refractivity contribution in [3.63, 3.8) is 0 Å². The highest BCUT2D eigenvalue weighted by Crippen LogP contribution is 2.35. The smallest absolute Gasteiger partial charge is 0.341 e. The number of ether oxygens (including phenoxy) is 1. The third kappa shape index (κ3) is 5.54. The first-order valence-electron chi connectivity index (χ1n) is 9.64. The monoisotopic (exact) mass is 487 g/mol. The molecule has 2 amide bonds. The number of carbonyl (C=O) groups is 3. The summed E-state index contributed by atoms with van der Waals surface area (Å²) in [6.45, 7) is 3.30. The highest BCUT2D eigenvalue weighted by molar-refractivity contribution is 7.19. The molecule has 0 fully saturated rings. The van der Waals surface area contributed by atoms with Crippen LogP contribution in [0, 0.1) is 17.0 Å². The van der Waals surface area contributed by atoms with Crippen LogP contribution in [-0.2, 0) is 4.74 Å². The summed E-state index contributed by atoms with van der Waals surface area (Å²) in [5, 5.41) is 16.9. The SMILES string of the molecule is CCOC(=O)c1c(NC(=O)c2cccc([N+](=O)[O-])c2)sc(C(=O)Nc2ccc(Cl)cc2)c1C. The first kappa shape index (κ1) is 23.9. The van der Waals surface area contributed by atoms with E-state index < -0.39 is 22.7 Å². The average molecular weight is 488 g/mol. The standard InChI is InChI=1S/C22H18ClN3O6S/c1-3-32-22(29)17-12(2)18(20(28)24-15-9-7-14(23)8-10-15)33-21(17)25-19(27)13-5-4-6-16(11-13)26(30)31/h4-11H,3H2,1-2H3,(H,24,28)(H,25,27). The lowest BCUT2D eigenvalue weighted by atomic mass is 10.1. The van der Waals surface area contributed by atoms with Gasteiger partial charge >= 0.3 is 5.97 Å². The van der Waals surface area contributed by atoms with Crippen molar-refractivity contribution in [1.29, 1.82) is 0 Å². The van der Waals surface area contributed by atoms with Crippen LogP contribution in [-0.4, -0.2) is 29.3 Å². The van der Waals surface area contributed by atoms with Crippen molar-refractivity contribution in [2.24, 2.45) is 0 Å². The van der Waals surface area contributed by atoms with Crippen LogP contribution in [0.5, 0.6) is 0 Å². The Balaban J connectivity index is 1.94. The fraction of sp³-hybridized carbons (Fsp3) is 0.136. The second-order valence-corrected chi connectivity index (χ2v) is 8.16. The highest BCUT2D eigenvalue weighted by Gasteiger charge is 2.27. The van der Waals surface area contributed by atoms with Gasteiger partial charge in [-0.15, -0.1) is 11.3 Å². The molecular formula is C22H18ClN3O6S. The number of nitrogens with zero attached hydrogens (tertiary/aromatic N) is 1. The Bertz CT molecular complexity index is 1240. The Morgan fingerprint density at radius 2 is 1.79 bits per heavy atom. The summed E-state index contributed by atoms with van der Waals surface area (Å²) in [5.74, 6) is -1.86. The minimum atomic E-state index is -0.703. The number of nitro groups is 1. The molecule has 0 aliphatic carbocycles. The fourth-order valence-electron chi connectivity index (χ4n) is 2.92. The first-order valence-corrected chi connectivity index (χ1v) is 10.8. The van der Waals surface area contributed by atoms with Gasteiger partial charge in [0.1, 0.15) is 5.00 Å². The Morgan fingerprint density at radius 1 is 1.09 bits per heavy atom. The fourth-order valence-corrected chi connectivity index (χ4v) is 4.14. The van der Waals surface area contributed by atoms with Crippen LogP contribution in [0.15, 0.2) is 48.5 Å². The van der Waals surface area contributed by atoms with Crippen LogP contribution in [0.4, 0.5) is 16.4 Å². The van der Waals surface area contributed by atoms with Gasteiger partial charge in [-0.3, -0.25) is 19.7 Å². The summed E-state index contributed by atoms with van der Waals surface area (Å²) in [6.07, 6.45) is 0. The molecular weight excluding hydrogens is 470 g/mol. The van der Waals surface area contributed by atoms with Crippen molar-refractivity contribution in [1.82, 2.24) is 0 Å².